The Bertz CT molecular complexity index is 586. The van der Waals surface area contributed by atoms with Gasteiger partial charge in [-0.05, 0) is 24.5 Å². The number of nitrogens with one attached hydrogen (secondary N) is 2. The Hall–Kier alpha value is -1.44. The number of hydrogen-bond acceptors (Lipinski definition) is 3. The van der Waals surface area contributed by atoms with Crippen molar-refractivity contribution < 1.29 is 13.2 Å². The number of carbonyl (C=O) groups is 1. The number of benzene rings is 1. The van der Waals surface area contributed by atoms with E-state index in [-0.39, 0.29) is 12.5 Å². The van der Waals surface area contributed by atoms with Crippen LogP contribution < -0.4 is 14.3 Å². The molecule has 0 unspecified atom stereocenters. The largest absolute Gasteiger partial charge is 0.311 e. The molecule has 1 heterocycles. The monoisotopic (exact) mass is 297 g/mol. The van der Waals surface area contributed by atoms with Crippen LogP contribution in [0, 0.1) is 0 Å². The minimum atomic E-state index is -3.59. The Balaban J connectivity index is 1.94. The van der Waals surface area contributed by atoms with E-state index < -0.39 is 10.2 Å². The van der Waals surface area contributed by atoms with Crippen LogP contribution in [0.2, 0.25) is 0 Å². The Morgan fingerprint density at radius 2 is 2.05 bits per heavy atom. The SMILES string of the molecule is CCCNS(=O)(=O)NCC(=O)N1CCc2ccccc21. The molecule has 1 aromatic rings. The maximum Gasteiger partial charge on any atom is 0.277 e. The summed E-state index contributed by atoms with van der Waals surface area (Å²) in [7, 11) is -3.59. The molecule has 0 fully saturated rings. The molecule has 1 amide bonds. The summed E-state index contributed by atoms with van der Waals surface area (Å²) in [5.74, 6) is -0.239. The van der Waals surface area contributed by atoms with E-state index in [0.717, 1.165) is 17.7 Å². The van der Waals surface area contributed by atoms with Gasteiger partial charge in [-0.1, -0.05) is 25.1 Å². The van der Waals surface area contributed by atoms with Crippen molar-refractivity contribution in [3.8, 4) is 0 Å². The fourth-order valence-corrected chi connectivity index (χ4v) is 3.03. The van der Waals surface area contributed by atoms with Gasteiger partial charge in [-0.3, -0.25) is 4.79 Å². The smallest absolute Gasteiger partial charge is 0.277 e. The van der Waals surface area contributed by atoms with E-state index in [9.17, 15) is 13.2 Å². The number of anilines is 1. The molecule has 1 aromatic carbocycles. The summed E-state index contributed by atoms with van der Waals surface area (Å²) in [6.07, 6.45) is 1.51. The van der Waals surface area contributed by atoms with E-state index in [0.29, 0.717) is 19.5 Å². The van der Waals surface area contributed by atoms with Crippen molar-refractivity contribution >= 4 is 21.8 Å². The molecule has 7 heteroatoms. The Morgan fingerprint density at radius 3 is 2.80 bits per heavy atom. The highest BCUT2D eigenvalue weighted by atomic mass is 32.2. The number of amides is 1. The topological polar surface area (TPSA) is 78.5 Å². The highest BCUT2D eigenvalue weighted by molar-refractivity contribution is 7.87. The van der Waals surface area contributed by atoms with E-state index in [1.165, 1.54) is 0 Å². The maximum atomic E-state index is 12.1. The highest BCUT2D eigenvalue weighted by Crippen LogP contribution is 2.27. The molecule has 2 N–H and O–H groups in total. The van der Waals surface area contributed by atoms with Crippen LogP contribution in [-0.4, -0.2) is 34.0 Å². The highest BCUT2D eigenvalue weighted by Gasteiger charge is 2.24. The van der Waals surface area contributed by atoms with Gasteiger partial charge in [0, 0.05) is 18.8 Å². The first-order chi connectivity index (χ1) is 9.53. The third kappa shape index (κ3) is 3.56. The predicted octanol–water partition coefficient (Wildman–Crippen LogP) is 0.410. The molecular formula is C13H19N3O3S. The molecule has 0 saturated heterocycles. The molecule has 6 nitrogen and oxygen atoms in total. The molecule has 1 aliphatic rings. The number of para-hydroxylation sites is 1. The number of hydrogen-bond donors (Lipinski definition) is 2. The predicted molar refractivity (Wildman–Crippen MR) is 77.7 cm³/mol. The Labute approximate surface area is 119 Å². The van der Waals surface area contributed by atoms with Gasteiger partial charge in [0.25, 0.3) is 10.2 Å². The van der Waals surface area contributed by atoms with Gasteiger partial charge < -0.3 is 4.90 Å². The quantitative estimate of drug-likeness (QED) is 0.798. The van der Waals surface area contributed by atoms with E-state index in [1.54, 1.807) is 4.90 Å². The van der Waals surface area contributed by atoms with Gasteiger partial charge in [-0.15, -0.1) is 0 Å². The average Bonchev–Trinajstić information content (AvgIpc) is 2.87. The number of fused-ring (bicyclic) bond motifs is 1. The lowest BCUT2D eigenvalue weighted by molar-refractivity contribution is -0.117. The number of rotatable bonds is 6. The normalized spacial score (nSPS) is 14.3. The molecule has 110 valence electrons. The second-order valence-electron chi connectivity index (χ2n) is 4.64. The van der Waals surface area contributed by atoms with E-state index in [1.807, 2.05) is 31.2 Å². The van der Waals surface area contributed by atoms with Crippen LogP contribution in [0.5, 0.6) is 0 Å². The van der Waals surface area contributed by atoms with Crippen molar-refractivity contribution in [3.63, 3.8) is 0 Å². The van der Waals surface area contributed by atoms with Crippen LogP contribution >= 0.6 is 0 Å². The van der Waals surface area contributed by atoms with Crippen molar-refractivity contribution in [2.24, 2.45) is 0 Å². The van der Waals surface area contributed by atoms with E-state index in [2.05, 4.69) is 9.44 Å². The van der Waals surface area contributed by atoms with Gasteiger partial charge in [-0.25, -0.2) is 4.72 Å². The minimum Gasteiger partial charge on any atom is -0.311 e. The fourth-order valence-electron chi connectivity index (χ4n) is 2.14. The van der Waals surface area contributed by atoms with Crippen LogP contribution in [-0.2, 0) is 21.4 Å². The second-order valence-corrected chi connectivity index (χ2v) is 6.23. The lowest BCUT2D eigenvalue weighted by Crippen LogP contribution is -2.44. The molecule has 2 rings (SSSR count). The van der Waals surface area contributed by atoms with Gasteiger partial charge >= 0.3 is 0 Å². The van der Waals surface area contributed by atoms with Gasteiger partial charge in [-0.2, -0.15) is 13.1 Å². The second kappa shape index (κ2) is 6.34. The number of nitrogens with zero attached hydrogens (tertiary/aromatic N) is 1. The summed E-state index contributed by atoms with van der Waals surface area (Å²) >= 11 is 0. The lowest BCUT2D eigenvalue weighted by atomic mass is 10.2. The third-order valence-electron chi connectivity index (χ3n) is 3.14. The molecule has 20 heavy (non-hydrogen) atoms. The van der Waals surface area contributed by atoms with Gasteiger partial charge in [0.1, 0.15) is 0 Å². The summed E-state index contributed by atoms with van der Waals surface area (Å²) in [6, 6.07) is 7.67. The van der Waals surface area contributed by atoms with Crippen LogP contribution in [0.25, 0.3) is 0 Å². The minimum absolute atomic E-state index is 0.229. The molecule has 0 spiro atoms. The summed E-state index contributed by atoms with van der Waals surface area (Å²) < 4.78 is 27.8. The first kappa shape index (κ1) is 15.0. The zero-order valence-corrected chi connectivity index (χ0v) is 12.2. The molecule has 0 aromatic heterocycles. The summed E-state index contributed by atoms with van der Waals surface area (Å²) in [6.45, 7) is 2.60. The zero-order valence-electron chi connectivity index (χ0n) is 11.4. The van der Waals surface area contributed by atoms with Crippen LogP contribution in [0.3, 0.4) is 0 Å². The Kier molecular flexibility index (Phi) is 4.74. The zero-order chi connectivity index (χ0) is 14.6. The van der Waals surface area contributed by atoms with Crippen molar-refractivity contribution in [1.82, 2.24) is 9.44 Å². The Morgan fingerprint density at radius 1 is 1.30 bits per heavy atom. The molecule has 0 atom stereocenters. The van der Waals surface area contributed by atoms with Crippen molar-refractivity contribution in [2.45, 2.75) is 19.8 Å². The average molecular weight is 297 g/mol. The molecular weight excluding hydrogens is 278 g/mol. The van der Waals surface area contributed by atoms with E-state index in [4.69, 9.17) is 0 Å². The molecule has 1 aliphatic heterocycles. The third-order valence-corrected chi connectivity index (χ3v) is 4.25. The van der Waals surface area contributed by atoms with Crippen LogP contribution in [0.1, 0.15) is 18.9 Å². The number of carbonyl (C=O) groups excluding carboxylic acids is 1. The fraction of sp³-hybridized carbons (Fsp3) is 0.462. The first-order valence-electron chi connectivity index (χ1n) is 6.66. The molecule has 0 aliphatic carbocycles. The summed E-state index contributed by atoms with van der Waals surface area (Å²) in [5, 5.41) is 0. The van der Waals surface area contributed by atoms with Crippen LogP contribution in [0.4, 0.5) is 5.69 Å². The molecule has 0 bridgehead atoms. The molecule has 0 saturated carbocycles. The maximum absolute atomic E-state index is 12.1. The van der Waals surface area contributed by atoms with Crippen molar-refractivity contribution in [1.29, 1.82) is 0 Å². The summed E-state index contributed by atoms with van der Waals surface area (Å²) in [4.78, 5) is 13.7. The lowest BCUT2D eigenvalue weighted by Gasteiger charge is -2.17. The summed E-state index contributed by atoms with van der Waals surface area (Å²) in [5.41, 5.74) is 1.99. The van der Waals surface area contributed by atoms with Crippen molar-refractivity contribution in [2.75, 3.05) is 24.5 Å². The standard InChI is InChI=1S/C13H19N3O3S/c1-2-8-14-20(18,19)15-10-13(17)16-9-7-11-5-3-4-6-12(11)16/h3-6,14-15H,2,7-10H2,1H3. The van der Waals surface area contributed by atoms with Crippen LogP contribution in [0.15, 0.2) is 24.3 Å². The van der Waals surface area contributed by atoms with Gasteiger partial charge in [0.15, 0.2) is 0 Å². The first-order valence-corrected chi connectivity index (χ1v) is 8.14. The van der Waals surface area contributed by atoms with Gasteiger partial charge in [0.2, 0.25) is 5.91 Å². The molecule has 0 radical (unpaired) electrons. The van der Waals surface area contributed by atoms with Gasteiger partial charge in [0.05, 0.1) is 6.54 Å². The van der Waals surface area contributed by atoms with Crippen molar-refractivity contribution in [3.05, 3.63) is 29.8 Å². The van der Waals surface area contributed by atoms with E-state index >= 15 is 0 Å².